The molecule has 0 aromatic heterocycles. The molecule has 2 aromatic carbocycles. The number of benzene rings is 2. The molecule has 25 heavy (non-hydrogen) atoms. The lowest BCUT2D eigenvalue weighted by Gasteiger charge is -2.18. The van der Waals surface area contributed by atoms with E-state index in [1.165, 1.54) is 5.56 Å². The average molecular weight is 336 g/mol. The van der Waals surface area contributed by atoms with E-state index >= 15 is 0 Å². The first-order valence-corrected chi connectivity index (χ1v) is 9.32. The summed E-state index contributed by atoms with van der Waals surface area (Å²) >= 11 is 0. The van der Waals surface area contributed by atoms with Crippen LogP contribution in [0.15, 0.2) is 54.6 Å². The second-order valence-electron chi connectivity index (χ2n) is 6.91. The van der Waals surface area contributed by atoms with Gasteiger partial charge in [-0.3, -0.25) is 9.69 Å². The van der Waals surface area contributed by atoms with Gasteiger partial charge in [0.25, 0.3) is 0 Å². The minimum atomic E-state index is -0.288. The van der Waals surface area contributed by atoms with Crippen LogP contribution in [0.5, 0.6) is 0 Å². The average Bonchev–Trinajstić information content (AvgIpc) is 3.48. The topological polar surface area (TPSA) is 32.3 Å². The van der Waals surface area contributed by atoms with E-state index in [1.807, 2.05) is 18.2 Å². The van der Waals surface area contributed by atoms with Crippen molar-refractivity contribution >= 4 is 5.91 Å². The lowest BCUT2D eigenvalue weighted by molar-refractivity contribution is -0.123. The van der Waals surface area contributed by atoms with Crippen molar-refractivity contribution in [2.24, 2.45) is 0 Å². The molecule has 0 heterocycles. The van der Waals surface area contributed by atoms with Crippen molar-refractivity contribution < 1.29 is 4.79 Å². The normalized spacial score (nSPS) is 15.2. The number of hydrogen-bond acceptors (Lipinski definition) is 2. The highest BCUT2D eigenvalue weighted by atomic mass is 16.2. The Balaban J connectivity index is 1.56. The van der Waals surface area contributed by atoms with E-state index in [0.717, 1.165) is 43.6 Å². The second kappa shape index (κ2) is 7.83. The number of carbonyl (C=O) groups is 1. The summed E-state index contributed by atoms with van der Waals surface area (Å²) < 4.78 is 0. The molecule has 3 nitrogen and oxygen atoms in total. The van der Waals surface area contributed by atoms with Gasteiger partial charge >= 0.3 is 0 Å². The van der Waals surface area contributed by atoms with E-state index in [-0.39, 0.29) is 11.3 Å². The van der Waals surface area contributed by atoms with Crippen LogP contribution >= 0.6 is 0 Å². The van der Waals surface area contributed by atoms with Gasteiger partial charge in [-0.05, 0) is 42.6 Å². The van der Waals surface area contributed by atoms with Gasteiger partial charge in [0, 0.05) is 13.1 Å². The molecule has 3 heteroatoms. The molecule has 0 unspecified atom stereocenters. The Kier molecular flexibility index (Phi) is 5.54. The van der Waals surface area contributed by atoms with Gasteiger partial charge in [-0.25, -0.2) is 0 Å². The van der Waals surface area contributed by atoms with Gasteiger partial charge in [0.05, 0.1) is 5.41 Å². The molecule has 1 amide bonds. The summed E-state index contributed by atoms with van der Waals surface area (Å²) in [6.45, 7) is 8.09. The SMILES string of the molecule is CCN(CC)Cc1ccc(CNC(=O)C2(c3ccccc3)CC2)cc1. The molecule has 0 bridgehead atoms. The standard InChI is InChI=1S/C22H28N2O/c1-3-24(4-2)17-19-12-10-18(11-13-19)16-23-21(25)22(14-15-22)20-8-6-5-7-9-20/h5-13H,3-4,14-17H2,1-2H3,(H,23,25). The molecule has 0 aliphatic heterocycles. The van der Waals surface area contributed by atoms with Crippen LogP contribution < -0.4 is 5.32 Å². The quantitative estimate of drug-likeness (QED) is 0.793. The highest BCUT2D eigenvalue weighted by Crippen LogP contribution is 2.48. The molecular formula is C22H28N2O. The molecule has 3 rings (SSSR count). The number of nitrogens with one attached hydrogen (secondary N) is 1. The zero-order valence-corrected chi connectivity index (χ0v) is 15.3. The van der Waals surface area contributed by atoms with Gasteiger partial charge in [0.15, 0.2) is 0 Å². The molecule has 1 saturated carbocycles. The largest absolute Gasteiger partial charge is 0.351 e. The van der Waals surface area contributed by atoms with Crippen LogP contribution in [0.1, 0.15) is 43.4 Å². The number of rotatable bonds is 8. The van der Waals surface area contributed by atoms with Crippen LogP contribution in [-0.2, 0) is 23.3 Å². The highest BCUT2D eigenvalue weighted by Gasteiger charge is 2.50. The Morgan fingerprint density at radius 2 is 1.56 bits per heavy atom. The number of nitrogens with zero attached hydrogens (tertiary/aromatic N) is 1. The number of hydrogen-bond donors (Lipinski definition) is 1. The van der Waals surface area contributed by atoms with Gasteiger partial charge < -0.3 is 5.32 Å². The lowest BCUT2D eigenvalue weighted by Crippen LogP contribution is -2.34. The Morgan fingerprint density at radius 1 is 0.960 bits per heavy atom. The van der Waals surface area contributed by atoms with Crippen molar-refractivity contribution in [1.82, 2.24) is 10.2 Å². The lowest BCUT2D eigenvalue weighted by atomic mass is 9.95. The Hall–Kier alpha value is -2.13. The summed E-state index contributed by atoms with van der Waals surface area (Å²) in [5, 5.41) is 3.13. The minimum absolute atomic E-state index is 0.158. The van der Waals surface area contributed by atoms with Crippen molar-refractivity contribution in [3.8, 4) is 0 Å². The van der Waals surface area contributed by atoms with Gasteiger partial charge in [-0.1, -0.05) is 68.4 Å². The highest BCUT2D eigenvalue weighted by molar-refractivity contribution is 5.91. The Bertz CT molecular complexity index is 686. The zero-order valence-electron chi connectivity index (χ0n) is 15.3. The molecule has 1 aliphatic carbocycles. The van der Waals surface area contributed by atoms with E-state index < -0.39 is 0 Å². The van der Waals surface area contributed by atoms with Crippen molar-refractivity contribution in [2.45, 2.75) is 45.2 Å². The fraction of sp³-hybridized carbons (Fsp3) is 0.409. The van der Waals surface area contributed by atoms with Crippen LogP contribution in [0.3, 0.4) is 0 Å². The van der Waals surface area contributed by atoms with Crippen molar-refractivity contribution in [2.75, 3.05) is 13.1 Å². The third-order valence-corrected chi connectivity index (χ3v) is 5.29. The first-order valence-electron chi connectivity index (χ1n) is 9.32. The van der Waals surface area contributed by atoms with Crippen molar-refractivity contribution in [3.05, 3.63) is 71.3 Å². The summed E-state index contributed by atoms with van der Waals surface area (Å²) in [6, 6.07) is 18.7. The maximum absolute atomic E-state index is 12.7. The fourth-order valence-corrected chi connectivity index (χ4v) is 3.35. The molecule has 0 atom stereocenters. The molecule has 1 fully saturated rings. The monoisotopic (exact) mass is 336 g/mol. The molecular weight excluding hydrogens is 308 g/mol. The maximum atomic E-state index is 12.7. The van der Waals surface area contributed by atoms with Gasteiger partial charge in [-0.15, -0.1) is 0 Å². The summed E-state index contributed by atoms with van der Waals surface area (Å²) in [5.74, 6) is 0.158. The maximum Gasteiger partial charge on any atom is 0.230 e. The summed E-state index contributed by atoms with van der Waals surface area (Å²) in [4.78, 5) is 15.1. The van der Waals surface area contributed by atoms with Crippen LogP contribution in [0, 0.1) is 0 Å². The van der Waals surface area contributed by atoms with Crippen LogP contribution in [0.2, 0.25) is 0 Å². The Labute approximate surface area is 151 Å². The molecule has 1 N–H and O–H groups in total. The Morgan fingerprint density at radius 3 is 2.12 bits per heavy atom. The summed E-state index contributed by atoms with van der Waals surface area (Å²) in [7, 11) is 0. The molecule has 2 aromatic rings. The molecule has 0 radical (unpaired) electrons. The summed E-state index contributed by atoms with van der Waals surface area (Å²) in [6.07, 6.45) is 1.90. The molecule has 132 valence electrons. The minimum Gasteiger partial charge on any atom is -0.351 e. The van der Waals surface area contributed by atoms with Crippen LogP contribution in [-0.4, -0.2) is 23.9 Å². The van der Waals surface area contributed by atoms with Crippen LogP contribution in [0.4, 0.5) is 0 Å². The first-order chi connectivity index (χ1) is 12.2. The number of carbonyl (C=O) groups excluding carboxylic acids is 1. The predicted octanol–water partition coefficient (Wildman–Crippen LogP) is 3.88. The van der Waals surface area contributed by atoms with Crippen molar-refractivity contribution in [3.63, 3.8) is 0 Å². The molecule has 0 saturated heterocycles. The number of amides is 1. The first kappa shape index (κ1) is 17.7. The van der Waals surface area contributed by atoms with E-state index in [0.29, 0.717) is 6.54 Å². The fourth-order valence-electron chi connectivity index (χ4n) is 3.35. The van der Waals surface area contributed by atoms with E-state index in [1.54, 1.807) is 0 Å². The van der Waals surface area contributed by atoms with Gasteiger partial charge in [-0.2, -0.15) is 0 Å². The predicted molar refractivity (Wildman–Crippen MR) is 102 cm³/mol. The second-order valence-corrected chi connectivity index (χ2v) is 6.91. The zero-order chi connectivity index (χ0) is 17.7. The van der Waals surface area contributed by atoms with Crippen LogP contribution in [0.25, 0.3) is 0 Å². The summed E-state index contributed by atoms with van der Waals surface area (Å²) in [5.41, 5.74) is 3.33. The van der Waals surface area contributed by atoms with Gasteiger partial charge in [0.2, 0.25) is 5.91 Å². The van der Waals surface area contributed by atoms with Gasteiger partial charge in [0.1, 0.15) is 0 Å². The van der Waals surface area contributed by atoms with E-state index in [2.05, 4.69) is 60.5 Å². The smallest absolute Gasteiger partial charge is 0.230 e. The molecule has 1 aliphatic rings. The third kappa shape index (κ3) is 4.10. The third-order valence-electron chi connectivity index (χ3n) is 5.29. The van der Waals surface area contributed by atoms with E-state index in [4.69, 9.17) is 0 Å². The molecule has 0 spiro atoms. The van der Waals surface area contributed by atoms with Crippen molar-refractivity contribution in [1.29, 1.82) is 0 Å². The van der Waals surface area contributed by atoms with E-state index in [9.17, 15) is 4.79 Å².